The van der Waals surface area contributed by atoms with Crippen molar-refractivity contribution in [3.8, 4) is 0 Å². The predicted molar refractivity (Wildman–Crippen MR) is 63.3 cm³/mol. The van der Waals surface area contributed by atoms with E-state index in [9.17, 15) is 4.79 Å². The van der Waals surface area contributed by atoms with Crippen LogP contribution in [0.2, 0.25) is 0 Å². The molecule has 0 saturated carbocycles. The van der Waals surface area contributed by atoms with Crippen molar-refractivity contribution in [1.29, 1.82) is 0 Å². The number of rotatable bonds is 4. The molecule has 0 saturated heterocycles. The molecule has 0 aliphatic rings. The molecule has 2 nitrogen and oxygen atoms in total. The zero-order chi connectivity index (χ0) is 10.6. The Kier molecular flexibility index (Phi) is 4.16. The zero-order valence-electron chi connectivity index (χ0n) is 8.08. The van der Waals surface area contributed by atoms with Gasteiger partial charge in [0.15, 0.2) is 0 Å². The van der Waals surface area contributed by atoms with Crippen molar-refractivity contribution in [1.82, 2.24) is 4.72 Å². The molecule has 0 heterocycles. The molecule has 1 N–H and O–H groups in total. The van der Waals surface area contributed by atoms with E-state index < -0.39 is 5.54 Å². The van der Waals surface area contributed by atoms with E-state index in [1.54, 1.807) is 0 Å². The van der Waals surface area contributed by atoms with Crippen LogP contribution in [0.1, 0.15) is 13.8 Å². The number of halogens is 1. The molecule has 76 valence electrons. The molecule has 1 aromatic rings. The third kappa shape index (κ3) is 3.82. The monoisotopic (exact) mass is 273 g/mol. The van der Waals surface area contributed by atoms with Gasteiger partial charge >= 0.3 is 0 Å². The van der Waals surface area contributed by atoms with Crippen molar-refractivity contribution < 1.29 is 4.79 Å². The summed E-state index contributed by atoms with van der Waals surface area (Å²) in [5.41, 5.74) is -0.493. The van der Waals surface area contributed by atoms with Crippen LogP contribution in [0.4, 0.5) is 0 Å². The molecule has 1 aromatic carbocycles. The Morgan fingerprint density at radius 3 is 2.79 bits per heavy atom. The second-order valence-electron chi connectivity index (χ2n) is 3.50. The summed E-state index contributed by atoms with van der Waals surface area (Å²) in [5.74, 6) is 0. The van der Waals surface area contributed by atoms with Gasteiger partial charge in [0.2, 0.25) is 0 Å². The summed E-state index contributed by atoms with van der Waals surface area (Å²) in [6.45, 7) is 3.68. The SMILES string of the molecule is CC(C)(C=O)NSc1cccc(Br)c1. The van der Waals surface area contributed by atoms with E-state index in [1.807, 2.05) is 38.1 Å². The number of hydrogen-bond donors (Lipinski definition) is 1. The molecule has 0 unspecified atom stereocenters. The number of hydrogen-bond acceptors (Lipinski definition) is 3. The Morgan fingerprint density at radius 2 is 2.21 bits per heavy atom. The summed E-state index contributed by atoms with van der Waals surface area (Å²) in [6, 6.07) is 7.92. The highest BCUT2D eigenvalue weighted by atomic mass is 79.9. The minimum absolute atomic E-state index is 0.493. The van der Waals surface area contributed by atoms with E-state index in [2.05, 4.69) is 20.7 Å². The second kappa shape index (κ2) is 4.96. The van der Waals surface area contributed by atoms with Gasteiger partial charge in [-0.15, -0.1) is 0 Å². The number of aldehydes is 1. The van der Waals surface area contributed by atoms with Crippen LogP contribution in [0.5, 0.6) is 0 Å². The first kappa shape index (κ1) is 11.8. The summed E-state index contributed by atoms with van der Waals surface area (Å²) in [5, 5.41) is 0. The maximum atomic E-state index is 10.6. The van der Waals surface area contributed by atoms with Crippen molar-refractivity contribution in [2.45, 2.75) is 24.3 Å². The maximum Gasteiger partial charge on any atom is 0.140 e. The fraction of sp³-hybridized carbons (Fsp3) is 0.300. The highest BCUT2D eigenvalue weighted by Gasteiger charge is 2.15. The zero-order valence-corrected chi connectivity index (χ0v) is 10.5. The number of benzene rings is 1. The summed E-state index contributed by atoms with van der Waals surface area (Å²) < 4.78 is 4.12. The molecule has 0 radical (unpaired) electrons. The predicted octanol–water partition coefficient (Wildman–Crippen LogP) is 3.02. The van der Waals surface area contributed by atoms with Gasteiger partial charge < -0.3 is 4.79 Å². The third-order valence-corrected chi connectivity index (χ3v) is 3.13. The molecule has 0 spiro atoms. The number of carbonyl (C=O) groups excluding carboxylic acids is 1. The smallest absolute Gasteiger partial charge is 0.140 e. The Bertz CT molecular complexity index is 328. The van der Waals surface area contributed by atoms with E-state index >= 15 is 0 Å². The molecule has 1 rings (SSSR count). The Balaban J connectivity index is 2.58. The van der Waals surface area contributed by atoms with E-state index in [0.29, 0.717) is 0 Å². The highest BCUT2D eigenvalue weighted by Crippen LogP contribution is 2.21. The number of carbonyl (C=O) groups is 1. The van der Waals surface area contributed by atoms with Gasteiger partial charge in [-0.05, 0) is 44.0 Å². The molecule has 0 aliphatic heterocycles. The van der Waals surface area contributed by atoms with Crippen LogP contribution in [0, 0.1) is 0 Å². The van der Waals surface area contributed by atoms with Crippen LogP contribution in [0.15, 0.2) is 33.6 Å². The van der Waals surface area contributed by atoms with E-state index in [4.69, 9.17) is 0 Å². The average Bonchev–Trinajstić information content (AvgIpc) is 2.15. The topological polar surface area (TPSA) is 29.1 Å². The maximum absolute atomic E-state index is 10.6. The van der Waals surface area contributed by atoms with E-state index in [1.165, 1.54) is 11.9 Å². The Hall–Kier alpha value is -0.320. The largest absolute Gasteiger partial charge is 0.301 e. The summed E-state index contributed by atoms with van der Waals surface area (Å²) >= 11 is 4.84. The standard InChI is InChI=1S/C10H12BrNOS/c1-10(2,7-13)12-14-9-5-3-4-8(11)6-9/h3-7,12H,1-2H3. The van der Waals surface area contributed by atoms with Gasteiger partial charge in [-0.25, -0.2) is 4.72 Å². The fourth-order valence-electron chi connectivity index (χ4n) is 0.745. The van der Waals surface area contributed by atoms with Gasteiger partial charge in [-0.1, -0.05) is 22.0 Å². The minimum Gasteiger partial charge on any atom is -0.301 e. The normalized spacial score (nSPS) is 11.4. The molecule has 0 aliphatic carbocycles. The van der Waals surface area contributed by atoms with Crippen LogP contribution in [-0.4, -0.2) is 11.8 Å². The minimum atomic E-state index is -0.493. The van der Waals surface area contributed by atoms with E-state index in [-0.39, 0.29) is 0 Å². The highest BCUT2D eigenvalue weighted by molar-refractivity contribution is 9.10. The fourth-order valence-corrected chi connectivity index (χ4v) is 2.06. The van der Waals surface area contributed by atoms with Crippen LogP contribution in [0.3, 0.4) is 0 Å². The first-order chi connectivity index (χ1) is 6.53. The molecular weight excluding hydrogens is 262 g/mol. The van der Waals surface area contributed by atoms with Gasteiger partial charge in [0, 0.05) is 9.37 Å². The lowest BCUT2D eigenvalue weighted by atomic mass is 10.1. The molecule has 0 amide bonds. The molecule has 0 bridgehead atoms. The van der Waals surface area contributed by atoms with Crippen molar-refractivity contribution >= 4 is 34.2 Å². The molecule has 14 heavy (non-hydrogen) atoms. The molecule has 0 fully saturated rings. The van der Waals surface area contributed by atoms with Crippen LogP contribution in [0.25, 0.3) is 0 Å². The molecule has 4 heteroatoms. The summed E-state index contributed by atoms with van der Waals surface area (Å²) in [7, 11) is 0. The van der Waals surface area contributed by atoms with Gasteiger partial charge in [0.05, 0.1) is 5.54 Å². The Morgan fingerprint density at radius 1 is 1.50 bits per heavy atom. The average molecular weight is 274 g/mol. The van der Waals surface area contributed by atoms with Crippen molar-refractivity contribution in [3.63, 3.8) is 0 Å². The second-order valence-corrected chi connectivity index (χ2v) is 5.30. The number of nitrogens with one attached hydrogen (secondary N) is 1. The van der Waals surface area contributed by atoms with Gasteiger partial charge in [-0.3, -0.25) is 0 Å². The molecule has 0 atom stereocenters. The van der Waals surface area contributed by atoms with Crippen molar-refractivity contribution in [3.05, 3.63) is 28.7 Å². The van der Waals surface area contributed by atoms with Crippen LogP contribution < -0.4 is 4.72 Å². The Labute approximate surface area is 96.7 Å². The van der Waals surface area contributed by atoms with Gasteiger partial charge in [-0.2, -0.15) is 0 Å². The third-order valence-electron chi connectivity index (χ3n) is 1.52. The molecule has 0 aromatic heterocycles. The first-order valence-corrected chi connectivity index (χ1v) is 5.80. The van der Waals surface area contributed by atoms with Crippen molar-refractivity contribution in [2.75, 3.05) is 0 Å². The lowest BCUT2D eigenvalue weighted by Crippen LogP contribution is -2.35. The lowest BCUT2D eigenvalue weighted by molar-refractivity contribution is -0.111. The first-order valence-electron chi connectivity index (χ1n) is 4.19. The summed E-state index contributed by atoms with van der Waals surface area (Å²) in [6.07, 6.45) is 0.901. The van der Waals surface area contributed by atoms with Crippen molar-refractivity contribution in [2.24, 2.45) is 0 Å². The van der Waals surface area contributed by atoms with E-state index in [0.717, 1.165) is 15.7 Å². The van der Waals surface area contributed by atoms with Crippen LogP contribution >= 0.6 is 27.9 Å². The van der Waals surface area contributed by atoms with Gasteiger partial charge in [0.25, 0.3) is 0 Å². The quantitative estimate of drug-likeness (QED) is 0.676. The lowest BCUT2D eigenvalue weighted by Gasteiger charge is -2.17. The van der Waals surface area contributed by atoms with Crippen LogP contribution in [-0.2, 0) is 4.79 Å². The van der Waals surface area contributed by atoms with Gasteiger partial charge in [0.1, 0.15) is 6.29 Å². The molecular formula is C10H12BrNOS. The summed E-state index contributed by atoms with van der Waals surface area (Å²) in [4.78, 5) is 11.7.